The van der Waals surface area contributed by atoms with Crippen LogP contribution < -0.4 is 10.7 Å². The van der Waals surface area contributed by atoms with E-state index >= 15 is 0 Å². The Morgan fingerprint density at radius 3 is 2.59 bits per heavy atom. The molecule has 0 saturated heterocycles. The fourth-order valence-electron chi connectivity index (χ4n) is 5.06. The molecule has 0 aliphatic heterocycles. The maximum Gasteiger partial charge on any atom is 0.408 e. The van der Waals surface area contributed by atoms with Crippen molar-refractivity contribution >= 4 is 34.3 Å². The zero-order valence-corrected chi connectivity index (χ0v) is 22.9. The average Bonchev–Trinajstić information content (AvgIpc) is 3.56. The number of thiophene rings is 1. The second kappa shape index (κ2) is 9.63. The van der Waals surface area contributed by atoms with Gasteiger partial charge in [-0.1, -0.05) is 0 Å². The Bertz CT molecular complexity index is 1440. The number of aryl methyl sites for hydroxylation is 2. The van der Waals surface area contributed by atoms with Gasteiger partial charge in [0, 0.05) is 27.4 Å². The van der Waals surface area contributed by atoms with E-state index in [1.165, 1.54) is 10.4 Å². The molecule has 7 nitrogen and oxygen atoms in total. The van der Waals surface area contributed by atoms with Gasteiger partial charge < -0.3 is 19.4 Å². The standard InChI is InChI=1S/C29H34N2O5S/c1-6-35-27(33)21-15-31(18-10-11-18)23-14-19(16(2)12-20(23)25(21)32)24-13-17-8-7-9-22(26(17)37-24)30-28(34)36-29(3,4)5/h12-15,18,22H,6-11H2,1-5H3,(H,30,34). The van der Waals surface area contributed by atoms with Gasteiger partial charge in [-0.15, -0.1) is 11.3 Å². The molecular weight excluding hydrogens is 488 g/mol. The van der Waals surface area contributed by atoms with Gasteiger partial charge >= 0.3 is 12.1 Å². The van der Waals surface area contributed by atoms with E-state index in [4.69, 9.17) is 9.47 Å². The van der Waals surface area contributed by atoms with E-state index in [0.29, 0.717) is 5.39 Å². The molecule has 2 aliphatic rings. The number of amides is 1. The fraction of sp³-hybridized carbons (Fsp3) is 0.483. The van der Waals surface area contributed by atoms with Gasteiger partial charge in [-0.3, -0.25) is 4.79 Å². The summed E-state index contributed by atoms with van der Waals surface area (Å²) in [4.78, 5) is 40.5. The van der Waals surface area contributed by atoms with Crippen molar-refractivity contribution in [3.63, 3.8) is 0 Å². The number of pyridine rings is 1. The van der Waals surface area contributed by atoms with Gasteiger partial charge in [-0.05, 0) is 102 Å². The lowest BCUT2D eigenvalue weighted by Gasteiger charge is -2.26. The molecule has 1 aromatic carbocycles. The van der Waals surface area contributed by atoms with Crippen LogP contribution in [-0.4, -0.2) is 28.8 Å². The van der Waals surface area contributed by atoms with Crippen LogP contribution in [0.2, 0.25) is 0 Å². The lowest BCUT2D eigenvalue weighted by Crippen LogP contribution is -2.35. The molecule has 3 aromatic rings. The predicted molar refractivity (Wildman–Crippen MR) is 146 cm³/mol. The normalized spacial score (nSPS) is 17.4. The Morgan fingerprint density at radius 1 is 1.16 bits per heavy atom. The Labute approximate surface area is 220 Å². The summed E-state index contributed by atoms with van der Waals surface area (Å²) in [6, 6.07) is 6.43. The molecule has 196 valence electrons. The summed E-state index contributed by atoms with van der Waals surface area (Å²) in [6.07, 6.45) is 6.18. The Hall–Kier alpha value is -3.13. The van der Waals surface area contributed by atoms with Gasteiger partial charge in [0.05, 0.1) is 18.2 Å². The maximum atomic E-state index is 13.3. The monoisotopic (exact) mass is 522 g/mol. The summed E-state index contributed by atoms with van der Waals surface area (Å²) >= 11 is 1.70. The Kier molecular flexibility index (Phi) is 6.64. The largest absolute Gasteiger partial charge is 0.462 e. The third-order valence-electron chi connectivity index (χ3n) is 6.87. The first-order chi connectivity index (χ1) is 17.6. The third kappa shape index (κ3) is 5.17. The number of hydrogen-bond donors (Lipinski definition) is 1. The van der Waals surface area contributed by atoms with Gasteiger partial charge in [0.25, 0.3) is 0 Å². The summed E-state index contributed by atoms with van der Waals surface area (Å²) < 4.78 is 12.7. The number of hydrogen-bond acceptors (Lipinski definition) is 6. The summed E-state index contributed by atoms with van der Waals surface area (Å²) in [5.74, 6) is -0.569. The average molecular weight is 523 g/mol. The minimum Gasteiger partial charge on any atom is -0.462 e. The molecule has 2 aliphatic carbocycles. The Morgan fingerprint density at radius 2 is 1.92 bits per heavy atom. The number of carbonyl (C=O) groups is 2. The van der Waals surface area contributed by atoms with Crippen LogP contribution in [0.25, 0.3) is 21.3 Å². The number of rotatable bonds is 5. The number of ether oxygens (including phenoxy) is 2. The highest BCUT2D eigenvalue weighted by atomic mass is 32.1. The fourth-order valence-corrected chi connectivity index (χ4v) is 6.44. The van der Waals surface area contributed by atoms with E-state index in [1.54, 1.807) is 24.5 Å². The van der Waals surface area contributed by atoms with Crippen molar-refractivity contribution < 1.29 is 19.1 Å². The van der Waals surface area contributed by atoms with Crippen LogP contribution in [0.15, 0.2) is 29.2 Å². The molecule has 5 rings (SSSR count). The first-order valence-corrected chi connectivity index (χ1v) is 13.9. The second-order valence-corrected chi connectivity index (χ2v) is 12.1. The molecule has 2 aromatic heterocycles. The SMILES string of the molecule is CCOC(=O)c1cn(C2CC2)c2cc(-c3cc4c(s3)C(NC(=O)OC(C)(C)C)CCC4)c(C)cc2c1=O. The molecular formula is C29H34N2O5S. The van der Waals surface area contributed by atoms with Crippen LogP contribution in [0, 0.1) is 6.92 Å². The molecule has 0 bridgehead atoms. The van der Waals surface area contributed by atoms with E-state index in [1.807, 2.05) is 33.8 Å². The van der Waals surface area contributed by atoms with Crippen LogP contribution in [0.5, 0.6) is 0 Å². The first kappa shape index (κ1) is 25.5. The number of aromatic nitrogens is 1. The lowest BCUT2D eigenvalue weighted by molar-refractivity contribution is 0.0496. The molecule has 1 N–H and O–H groups in total. The van der Waals surface area contributed by atoms with Crippen molar-refractivity contribution in [2.45, 2.75) is 84.4 Å². The molecule has 8 heteroatoms. The third-order valence-corrected chi connectivity index (χ3v) is 8.19. The van der Waals surface area contributed by atoms with E-state index < -0.39 is 17.7 Å². The summed E-state index contributed by atoms with van der Waals surface area (Å²) in [5, 5.41) is 3.61. The van der Waals surface area contributed by atoms with E-state index in [0.717, 1.165) is 53.6 Å². The predicted octanol–water partition coefficient (Wildman–Crippen LogP) is 6.45. The molecule has 1 fully saturated rings. The maximum absolute atomic E-state index is 13.3. The highest BCUT2D eigenvalue weighted by Crippen LogP contribution is 2.43. The molecule has 0 radical (unpaired) electrons. The van der Waals surface area contributed by atoms with Crippen molar-refractivity contribution in [1.29, 1.82) is 0 Å². The van der Waals surface area contributed by atoms with Crippen molar-refractivity contribution in [2.24, 2.45) is 0 Å². The quantitative estimate of drug-likeness (QED) is 0.389. The smallest absolute Gasteiger partial charge is 0.408 e. The van der Waals surface area contributed by atoms with Crippen LogP contribution >= 0.6 is 11.3 Å². The van der Waals surface area contributed by atoms with Crippen molar-refractivity contribution in [2.75, 3.05) is 6.61 Å². The molecule has 1 unspecified atom stereocenters. The van der Waals surface area contributed by atoms with E-state index in [-0.39, 0.29) is 29.7 Å². The van der Waals surface area contributed by atoms with Gasteiger partial charge in [0.1, 0.15) is 11.2 Å². The van der Waals surface area contributed by atoms with Crippen molar-refractivity contribution in [1.82, 2.24) is 9.88 Å². The number of carbonyl (C=O) groups excluding carboxylic acids is 2. The topological polar surface area (TPSA) is 86.6 Å². The molecule has 1 amide bonds. The van der Waals surface area contributed by atoms with Crippen LogP contribution in [0.3, 0.4) is 0 Å². The number of alkyl carbamates (subject to hydrolysis) is 1. The molecule has 0 spiro atoms. The highest BCUT2D eigenvalue weighted by molar-refractivity contribution is 7.15. The minimum absolute atomic E-state index is 0.0742. The Balaban J connectivity index is 1.55. The minimum atomic E-state index is -0.569. The zero-order valence-electron chi connectivity index (χ0n) is 22.1. The van der Waals surface area contributed by atoms with Gasteiger partial charge in [0.15, 0.2) is 0 Å². The summed E-state index contributed by atoms with van der Waals surface area (Å²) in [7, 11) is 0. The zero-order chi connectivity index (χ0) is 26.5. The summed E-state index contributed by atoms with van der Waals surface area (Å²) in [6.45, 7) is 9.56. The van der Waals surface area contributed by atoms with E-state index in [2.05, 4.69) is 22.0 Å². The van der Waals surface area contributed by atoms with Gasteiger partial charge in [-0.2, -0.15) is 0 Å². The highest BCUT2D eigenvalue weighted by Gasteiger charge is 2.29. The van der Waals surface area contributed by atoms with Crippen LogP contribution in [0.1, 0.15) is 91.8 Å². The first-order valence-electron chi connectivity index (χ1n) is 13.0. The van der Waals surface area contributed by atoms with Gasteiger partial charge in [-0.25, -0.2) is 9.59 Å². The number of benzene rings is 1. The van der Waals surface area contributed by atoms with E-state index in [9.17, 15) is 14.4 Å². The number of fused-ring (bicyclic) bond motifs is 2. The second-order valence-electron chi connectivity index (χ2n) is 11.0. The van der Waals surface area contributed by atoms with Crippen molar-refractivity contribution in [3.05, 3.63) is 56.2 Å². The molecule has 2 heterocycles. The van der Waals surface area contributed by atoms with Crippen LogP contribution in [0.4, 0.5) is 4.79 Å². The molecule has 1 saturated carbocycles. The van der Waals surface area contributed by atoms with Crippen molar-refractivity contribution in [3.8, 4) is 10.4 Å². The summed E-state index contributed by atoms with van der Waals surface area (Å²) in [5.41, 5.74) is 3.40. The molecule has 1 atom stereocenters. The number of esters is 1. The number of nitrogens with zero attached hydrogens (tertiary/aromatic N) is 1. The lowest BCUT2D eigenvalue weighted by atomic mass is 9.94. The number of nitrogens with one attached hydrogen (secondary N) is 1. The molecule has 37 heavy (non-hydrogen) atoms. The van der Waals surface area contributed by atoms with Crippen LogP contribution in [-0.2, 0) is 15.9 Å². The van der Waals surface area contributed by atoms with Gasteiger partial charge in [0.2, 0.25) is 5.43 Å².